The number of para-hydroxylation sites is 1. The van der Waals surface area contributed by atoms with Crippen molar-refractivity contribution >= 4 is 11.5 Å². The molecule has 2 aromatic rings. The van der Waals surface area contributed by atoms with E-state index in [4.69, 9.17) is 10.5 Å². The summed E-state index contributed by atoms with van der Waals surface area (Å²) in [6.45, 7) is 3.94. The SMILES string of the molecule is CCOc1cncc(N(CCCN)c2ccccc2)n1. The monoisotopic (exact) mass is 272 g/mol. The first-order valence-electron chi connectivity index (χ1n) is 6.82. The second-order valence-electron chi connectivity index (χ2n) is 4.28. The number of hydrogen-bond donors (Lipinski definition) is 1. The van der Waals surface area contributed by atoms with Crippen LogP contribution in [0.1, 0.15) is 13.3 Å². The Morgan fingerprint density at radius 3 is 2.70 bits per heavy atom. The van der Waals surface area contributed by atoms with E-state index in [-0.39, 0.29) is 0 Å². The smallest absolute Gasteiger partial charge is 0.234 e. The number of nitrogens with two attached hydrogens (primary N) is 1. The fourth-order valence-electron chi connectivity index (χ4n) is 1.92. The molecule has 1 aromatic heterocycles. The van der Waals surface area contributed by atoms with E-state index in [1.165, 1.54) is 0 Å². The Balaban J connectivity index is 2.28. The van der Waals surface area contributed by atoms with Crippen LogP contribution in [0, 0.1) is 0 Å². The zero-order chi connectivity index (χ0) is 14.2. The van der Waals surface area contributed by atoms with Crippen LogP contribution in [0.15, 0.2) is 42.7 Å². The van der Waals surface area contributed by atoms with Gasteiger partial charge in [0.2, 0.25) is 5.88 Å². The van der Waals surface area contributed by atoms with Crippen molar-refractivity contribution in [2.24, 2.45) is 5.73 Å². The highest BCUT2D eigenvalue weighted by atomic mass is 16.5. The molecule has 0 fully saturated rings. The molecule has 0 amide bonds. The zero-order valence-electron chi connectivity index (χ0n) is 11.7. The van der Waals surface area contributed by atoms with Gasteiger partial charge in [-0.2, -0.15) is 4.98 Å². The molecule has 1 aromatic carbocycles. The van der Waals surface area contributed by atoms with Gasteiger partial charge in [0.05, 0.1) is 19.0 Å². The van der Waals surface area contributed by atoms with Crippen LogP contribution in [-0.4, -0.2) is 29.7 Å². The van der Waals surface area contributed by atoms with Gasteiger partial charge in [-0.25, -0.2) is 0 Å². The molecule has 0 aliphatic rings. The van der Waals surface area contributed by atoms with Crippen LogP contribution in [-0.2, 0) is 0 Å². The second-order valence-corrected chi connectivity index (χ2v) is 4.28. The molecule has 5 nitrogen and oxygen atoms in total. The summed E-state index contributed by atoms with van der Waals surface area (Å²) in [6.07, 6.45) is 4.25. The lowest BCUT2D eigenvalue weighted by molar-refractivity contribution is 0.325. The third-order valence-electron chi connectivity index (χ3n) is 2.82. The lowest BCUT2D eigenvalue weighted by atomic mass is 10.2. The van der Waals surface area contributed by atoms with Gasteiger partial charge in [0, 0.05) is 12.2 Å². The van der Waals surface area contributed by atoms with Crippen LogP contribution >= 0.6 is 0 Å². The van der Waals surface area contributed by atoms with Gasteiger partial charge >= 0.3 is 0 Å². The van der Waals surface area contributed by atoms with E-state index >= 15 is 0 Å². The van der Waals surface area contributed by atoms with Gasteiger partial charge < -0.3 is 15.4 Å². The molecule has 0 unspecified atom stereocenters. The van der Waals surface area contributed by atoms with Crippen LogP contribution in [0.25, 0.3) is 0 Å². The van der Waals surface area contributed by atoms with Gasteiger partial charge in [0.15, 0.2) is 5.82 Å². The van der Waals surface area contributed by atoms with Crippen molar-refractivity contribution in [3.05, 3.63) is 42.7 Å². The fourth-order valence-corrected chi connectivity index (χ4v) is 1.92. The number of anilines is 2. The van der Waals surface area contributed by atoms with E-state index in [0.717, 1.165) is 24.5 Å². The van der Waals surface area contributed by atoms with Gasteiger partial charge in [0.1, 0.15) is 0 Å². The largest absolute Gasteiger partial charge is 0.477 e. The molecule has 5 heteroatoms. The number of aromatic nitrogens is 2. The van der Waals surface area contributed by atoms with E-state index in [1.807, 2.05) is 37.3 Å². The molecule has 0 aliphatic carbocycles. The number of ether oxygens (including phenoxy) is 1. The summed E-state index contributed by atoms with van der Waals surface area (Å²) in [5.41, 5.74) is 6.70. The molecule has 0 bridgehead atoms. The van der Waals surface area contributed by atoms with Crippen LogP contribution < -0.4 is 15.4 Å². The van der Waals surface area contributed by atoms with Crippen molar-refractivity contribution in [1.82, 2.24) is 9.97 Å². The number of nitrogens with zero attached hydrogens (tertiary/aromatic N) is 3. The summed E-state index contributed by atoms with van der Waals surface area (Å²) >= 11 is 0. The maximum atomic E-state index is 5.62. The minimum absolute atomic E-state index is 0.540. The first-order valence-corrected chi connectivity index (χ1v) is 6.82. The minimum Gasteiger partial charge on any atom is -0.477 e. The molecule has 0 aliphatic heterocycles. The van der Waals surface area contributed by atoms with Crippen LogP contribution in [0.4, 0.5) is 11.5 Å². The Bertz CT molecular complexity index is 518. The minimum atomic E-state index is 0.540. The van der Waals surface area contributed by atoms with Gasteiger partial charge in [0.25, 0.3) is 0 Å². The van der Waals surface area contributed by atoms with Crippen molar-refractivity contribution in [2.75, 3.05) is 24.6 Å². The Morgan fingerprint density at radius 1 is 1.20 bits per heavy atom. The molecule has 2 N–H and O–H groups in total. The lowest BCUT2D eigenvalue weighted by Crippen LogP contribution is -2.22. The number of hydrogen-bond acceptors (Lipinski definition) is 5. The lowest BCUT2D eigenvalue weighted by Gasteiger charge is -2.23. The quantitative estimate of drug-likeness (QED) is 0.838. The molecule has 106 valence electrons. The maximum Gasteiger partial charge on any atom is 0.234 e. The summed E-state index contributed by atoms with van der Waals surface area (Å²) in [5, 5.41) is 0. The van der Waals surface area contributed by atoms with Gasteiger partial charge in [-0.05, 0) is 32.0 Å². The van der Waals surface area contributed by atoms with E-state index in [1.54, 1.807) is 12.4 Å². The average Bonchev–Trinajstić information content (AvgIpc) is 2.50. The van der Waals surface area contributed by atoms with Crippen molar-refractivity contribution in [3.8, 4) is 5.88 Å². The van der Waals surface area contributed by atoms with Crippen LogP contribution in [0.2, 0.25) is 0 Å². The first kappa shape index (κ1) is 14.3. The predicted octanol–water partition coefficient (Wildman–Crippen LogP) is 2.36. The van der Waals surface area contributed by atoms with E-state index in [2.05, 4.69) is 14.9 Å². The molecule has 0 radical (unpaired) electrons. The third kappa shape index (κ3) is 3.68. The molecule has 0 spiro atoms. The summed E-state index contributed by atoms with van der Waals surface area (Å²) in [7, 11) is 0. The Kier molecular flexibility index (Phi) is 5.32. The molecule has 0 saturated carbocycles. The Hall–Kier alpha value is -2.14. The van der Waals surface area contributed by atoms with E-state index in [0.29, 0.717) is 19.0 Å². The predicted molar refractivity (Wildman–Crippen MR) is 80.3 cm³/mol. The summed E-state index contributed by atoms with van der Waals surface area (Å²) in [5.74, 6) is 1.31. The highest BCUT2D eigenvalue weighted by molar-refractivity contribution is 5.59. The molecular formula is C15H20N4O. The maximum absolute atomic E-state index is 5.62. The van der Waals surface area contributed by atoms with Crippen molar-refractivity contribution in [2.45, 2.75) is 13.3 Å². The van der Waals surface area contributed by atoms with Crippen molar-refractivity contribution in [1.29, 1.82) is 0 Å². The normalized spacial score (nSPS) is 10.3. The summed E-state index contributed by atoms with van der Waals surface area (Å²) in [6, 6.07) is 10.1. The standard InChI is InChI=1S/C15H20N4O/c1-2-20-15-12-17-11-14(18-15)19(10-6-9-16)13-7-4-3-5-8-13/h3-5,7-8,11-12H,2,6,9-10,16H2,1H3. The average molecular weight is 272 g/mol. The van der Waals surface area contributed by atoms with Crippen LogP contribution in [0.5, 0.6) is 5.88 Å². The second kappa shape index (κ2) is 7.45. The Labute approximate surface area is 119 Å². The van der Waals surface area contributed by atoms with E-state index < -0.39 is 0 Å². The topological polar surface area (TPSA) is 64.3 Å². The summed E-state index contributed by atoms with van der Waals surface area (Å²) < 4.78 is 5.41. The fraction of sp³-hybridized carbons (Fsp3) is 0.333. The molecule has 0 saturated heterocycles. The van der Waals surface area contributed by atoms with E-state index in [9.17, 15) is 0 Å². The third-order valence-corrected chi connectivity index (χ3v) is 2.82. The van der Waals surface area contributed by atoms with Gasteiger partial charge in [-0.15, -0.1) is 0 Å². The first-order chi connectivity index (χ1) is 9.85. The molecule has 0 atom stereocenters. The zero-order valence-corrected chi connectivity index (χ0v) is 11.7. The molecule has 1 heterocycles. The van der Waals surface area contributed by atoms with Crippen molar-refractivity contribution < 1.29 is 4.74 Å². The van der Waals surface area contributed by atoms with Crippen molar-refractivity contribution in [3.63, 3.8) is 0 Å². The number of benzene rings is 1. The molecule has 20 heavy (non-hydrogen) atoms. The summed E-state index contributed by atoms with van der Waals surface area (Å²) in [4.78, 5) is 10.8. The van der Waals surface area contributed by atoms with Gasteiger partial charge in [-0.1, -0.05) is 18.2 Å². The van der Waals surface area contributed by atoms with Gasteiger partial charge in [-0.3, -0.25) is 4.98 Å². The Morgan fingerprint density at radius 2 is 2.00 bits per heavy atom. The molecular weight excluding hydrogens is 252 g/mol. The number of rotatable bonds is 7. The highest BCUT2D eigenvalue weighted by Gasteiger charge is 2.11. The molecule has 2 rings (SSSR count). The highest BCUT2D eigenvalue weighted by Crippen LogP contribution is 2.24. The van der Waals surface area contributed by atoms with Crippen LogP contribution in [0.3, 0.4) is 0 Å².